The van der Waals surface area contributed by atoms with Crippen LogP contribution in [0.25, 0.3) is 11.1 Å². The molecule has 0 aliphatic rings. The van der Waals surface area contributed by atoms with Gasteiger partial charge in [0.15, 0.2) is 0 Å². The summed E-state index contributed by atoms with van der Waals surface area (Å²) in [7, 11) is 0. The largest absolute Gasteiger partial charge is 0.416 e. The molecule has 0 saturated heterocycles. The number of benzene rings is 2. The van der Waals surface area contributed by atoms with Gasteiger partial charge < -0.3 is 0 Å². The van der Waals surface area contributed by atoms with E-state index >= 15 is 0 Å². The zero-order valence-corrected chi connectivity index (χ0v) is 14.1. The first kappa shape index (κ1) is 16.9. The summed E-state index contributed by atoms with van der Waals surface area (Å²) >= 11 is 21.2. The molecule has 112 valence electrons. The monoisotopic (exact) mass is 416 g/mol. The average molecular weight is 418 g/mol. The lowest BCUT2D eigenvalue weighted by atomic mass is 9.98. The molecular weight excluding hydrogens is 411 g/mol. The smallest absolute Gasteiger partial charge is 0.166 e. The van der Waals surface area contributed by atoms with Crippen molar-refractivity contribution < 1.29 is 13.2 Å². The number of halogens is 7. The first-order valence-corrected chi connectivity index (χ1v) is 7.91. The van der Waals surface area contributed by atoms with Crippen molar-refractivity contribution in [1.82, 2.24) is 0 Å². The first-order valence-electron chi connectivity index (χ1n) is 5.65. The summed E-state index contributed by atoms with van der Waals surface area (Å²) in [5.74, 6) is 0. The van der Waals surface area contributed by atoms with Gasteiger partial charge in [0.2, 0.25) is 0 Å². The molecule has 0 aliphatic heterocycles. The van der Waals surface area contributed by atoms with Gasteiger partial charge in [-0.1, -0.05) is 62.9 Å². The van der Waals surface area contributed by atoms with E-state index in [1.165, 1.54) is 6.07 Å². The van der Waals surface area contributed by atoms with Crippen LogP contribution in [0, 0.1) is 0 Å². The van der Waals surface area contributed by atoms with Crippen LogP contribution in [0.5, 0.6) is 0 Å². The van der Waals surface area contributed by atoms with Gasteiger partial charge in [-0.05, 0) is 29.3 Å². The molecule has 0 radical (unpaired) electrons. The molecule has 21 heavy (non-hydrogen) atoms. The Balaban J connectivity index is 2.63. The summed E-state index contributed by atoms with van der Waals surface area (Å²) in [6.45, 7) is 0. The van der Waals surface area contributed by atoms with E-state index in [9.17, 15) is 13.2 Å². The van der Waals surface area contributed by atoms with Gasteiger partial charge in [-0.15, -0.1) is 0 Å². The van der Waals surface area contributed by atoms with E-state index in [-0.39, 0.29) is 20.4 Å². The highest BCUT2D eigenvalue weighted by Gasteiger charge is 2.31. The van der Waals surface area contributed by atoms with Crippen molar-refractivity contribution in [3.8, 4) is 11.1 Å². The molecule has 7 heteroatoms. The Hall–Kier alpha value is -0.420. The number of alkyl halides is 4. The third kappa shape index (κ3) is 3.50. The van der Waals surface area contributed by atoms with Crippen LogP contribution in [-0.4, -0.2) is 0 Å². The summed E-state index contributed by atoms with van der Waals surface area (Å²) in [5.41, 5.74) is 0.861. The lowest BCUT2D eigenvalue weighted by Crippen LogP contribution is -2.05. The van der Waals surface area contributed by atoms with Crippen molar-refractivity contribution in [2.45, 2.75) is 11.5 Å². The second kappa shape index (κ2) is 6.37. The Morgan fingerprint density at radius 3 is 2.10 bits per heavy atom. The molecule has 0 unspecified atom stereocenters. The molecule has 0 bridgehead atoms. The van der Waals surface area contributed by atoms with E-state index < -0.39 is 11.7 Å². The number of hydrogen-bond acceptors (Lipinski definition) is 0. The standard InChI is InChI=1S/C14H7BrCl3F3/c15-6-7-5-8(14(19,20)21)1-2-9(7)10-3-4-11(16)13(18)12(10)17/h1-5H,6H2. The lowest BCUT2D eigenvalue weighted by molar-refractivity contribution is -0.137. The minimum absolute atomic E-state index is 0.177. The van der Waals surface area contributed by atoms with E-state index in [1.54, 1.807) is 12.1 Å². The third-order valence-corrected chi connectivity index (χ3v) is 4.80. The summed E-state index contributed by atoms with van der Waals surface area (Å²) < 4.78 is 38.3. The van der Waals surface area contributed by atoms with Crippen molar-refractivity contribution in [3.05, 3.63) is 56.5 Å². The minimum atomic E-state index is -4.39. The van der Waals surface area contributed by atoms with Gasteiger partial charge in [0.25, 0.3) is 0 Å². The fourth-order valence-corrected chi connectivity index (χ4v) is 2.98. The van der Waals surface area contributed by atoms with Crippen LogP contribution in [0.3, 0.4) is 0 Å². The topological polar surface area (TPSA) is 0 Å². The Bertz CT molecular complexity index is 684. The average Bonchev–Trinajstić information content (AvgIpc) is 2.43. The van der Waals surface area contributed by atoms with Crippen LogP contribution in [-0.2, 0) is 11.5 Å². The quantitative estimate of drug-likeness (QED) is 0.357. The predicted octanol–water partition coefficient (Wildman–Crippen LogP) is 7.23. The number of rotatable bonds is 2. The summed E-state index contributed by atoms with van der Waals surface area (Å²) in [4.78, 5) is 0. The second-order valence-electron chi connectivity index (χ2n) is 4.23. The van der Waals surface area contributed by atoms with E-state index in [1.807, 2.05) is 0 Å². The van der Waals surface area contributed by atoms with Crippen molar-refractivity contribution in [1.29, 1.82) is 0 Å². The predicted molar refractivity (Wildman–Crippen MR) is 84.5 cm³/mol. The van der Waals surface area contributed by atoms with Gasteiger partial charge in [-0.3, -0.25) is 0 Å². The molecule has 0 amide bonds. The molecule has 0 nitrogen and oxygen atoms in total. The number of hydrogen-bond donors (Lipinski definition) is 0. The Morgan fingerprint density at radius 2 is 1.52 bits per heavy atom. The van der Waals surface area contributed by atoms with E-state index in [0.717, 1.165) is 12.1 Å². The van der Waals surface area contributed by atoms with Crippen LogP contribution < -0.4 is 0 Å². The van der Waals surface area contributed by atoms with Crippen molar-refractivity contribution in [3.63, 3.8) is 0 Å². The van der Waals surface area contributed by atoms with Crippen LogP contribution in [0.4, 0.5) is 13.2 Å². The molecule has 0 atom stereocenters. The van der Waals surface area contributed by atoms with Crippen LogP contribution in [0.1, 0.15) is 11.1 Å². The van der Waals surface area contributed by atoms with Gasteiger partial charge in [0.1, 0.15) is 0 Å². The van der Waals surface area contributed by atoms with E-state index in [4.69, 9.17) is 34.8 Å². The highest BCUT2D eigenvalue weighted by atomic mass is 79.9. The minimum Gasteiger partial charge on any atom is -0.166 e. The zero-order chi connectivity index (χ0) is 15.8. The normalized spacial score (nSPS) is 11.8. The molecule has 0 fully saturated rings. The van der Waals surface area contributed by atoms with Crippen molar-refractivity contribution in [2.75, 3.05) is 0 Å². The van der Waals surface area contributed by atoms with Gasteiger partial charge >= 0.3 is 6.18 Å². The summed E-state index contributed by atoms with van der Waals surface area (Å²) in [6, 6.07) is 6.67. The fourth-order valence-electron chi connectivity index (χ4n) is 1.88. The molecule has 0 aliphatic carbocycles. The Kier molecular flexibility index (Phi) is 5.14. The van der Waals surface area contributed by atoms with Gasteiger partial charge in [0.05, 0.1) is 20.6 Å². The van der Waals surface area contributed by atoms with Gasteiger partial charge in [-0.25, -0.2) is 0 Å². The maximum atomic E-state index is 12.8. The highest BCUT2D eigenvalue weighted by molar-refractivity contribution is 9.08. The molecule has 2 rings (SSSR count). The molecule has 0 spiro atoms. The van der Waals surface area contributed by atoms with Crippen LogP contribution in [0.2, 0.25) is 15.1 Å². The second-order valence-corrected chi connectivity index (χ2v) is 5.95. The maximum Gasteiger partial charge on any atom is 0.416 e. The summed E-state index contributed by atoms with van der Waals surface area (Å²) in [6.07, 6.45) is -4.39. The van der Waals surface area contributed by atoms with Crippen molar-refractivity contribution in [2.24, 2.45) is 0 Å². The van der Waals surface area contributed by atoms with Crippen LogP contribution in [0.15, 0.2) is 30.3 Å². The third-order valence-electron chi connectivity index (χ3n) is 2.90. The van der Waals surface area contributed by atoms with E-state index in [0.29, 0.717) is 16.7 Å². The SMILES string of the molecule is FC(F)(F)c1ccc(-c2ccc(Cl)c(Cl)c2Cl)c(CBr)c1. The lowest BCUT2D eigenvalue weighted by Gasteiger charge is -2.14. The molecule has 0 heterocycles. The molecular formula is C14H7BrCl3F3. The fraction of sp³-hybridized carbons (Fsp3) is 0.143. The zero-order valence-electron chi connectivity index (χ0n) is 10.2. The molecule has 0 saturated carbocycles. The van der Waals surface area contributed by atoms with Crippen molar-refractivity contribution >= 4 is 50.7 Å². The highest BCUT2D eigenvalue weighted by Crippen LogP contribution is 2.41. The summed E-state index contributed by atoms with van der Waals surface area (Å²) in [5, 5.41) is 0.933. The van der Waals surface area contributed by atoms with E-state index in [2.05, 4.69) is 15.9 Å². The first-order chi connectivity index (χ1) is 9.75. The molecule has 0 N–H and O–H groups in total. The Morgan fingerprint density at radius 1 is 0.905 bits per heavy atom. The maximum absolute atomic E-state index is 12.8. The molecule has 0 aromatic heterocycles. The van der Waals surface area contributed by atoms with Gasteiger partial charge in [-0.2, -0.15) is 13.2 Å². The van der Waals surface area contributed by atoms with Crippen LogP contribution >= 0.6 is 50.7 Å². The van der Waals surface area contributed by atoms with Gasteiger partial charge in [0, 0.05) is 10.9 Å². The molecule has 2 aromatic rings. The molecule has 2 aromatic carbocycles. The Labute approximate surface area is 142 Å².